The molecule has 16 nitrogen and oxygen atoms in total. The summed E-state index contributed by atoms with van der Waals surface area (Å²) in [6.07, 6.45) is 7.06. The first-order valence-corrected chi connectivity index (χ1v) is 19.0. The van der Waals surface area contributed by atoms with Crippen molar-refractivity contribution in [1.29, 1.82) is 0 Å². The van der Waals surface area contributed by atoms with Gasteiger partial charge in [-0.15, -0.1) is 0 Å². The zero-order chi connectivity index (χ0) is 42.8. The van der Waals surface area contributed by atoms with Gasteiger partial charge >= 0.3 is 12.2 Å². The lowest BCUT2D eigenvalue weighted by atomic mass is 9.97. The van der Waals surface area contributed by atoms with Crippen LogP contribution in [0.5, 0.6) is 0 Å². The monoisotopic (exact) mass is 822 g/mol. The van der Waals surface area contributed by atoms with E-state index in [9.17, 15) is 18.4 Å². The van der Waals surface area contributed by atoms with Crippen LogP contribution in [0.2, 0.25) is 0 Å². The van der Waals surface area contributed by atoms with Crippen molar-refractivity contribution in [3.8, 4) is 22.3 Å². The van der Waals surface area contributed by atoms with Gasteiger partial charge in [0.05, 0.1) is 61.6 Å². The van der Waals surface area contributed by atoms with E-state index in [1.807, 2.05) is 13.8 Å². The van der Waals surface area contributed by atoms with Crippen molar-refractivity contribution in [3.63, 3.8) is 0 Å². The number of rotatable bonds is 6. The van der Waals surface area contributed by atoms with Crippen LogP contribution in [0.1, 0.15) is 25.0 Å². The lowest BCUT2D eigenvalue weighted by Gasteiger charge is -2.15. The van der Waals surface area contributed by atoms with Gasteiger partial charge in [-0.05, 0) is 60.0 Å². The number of nitrogens with two attached hydrogens (primary N) is 4. The summed E-state index contributed by atoms with van der Waals surface area (Å²) in [7, 11) is 0. The maximum atomic E-state index is 15.0. The predicted molar refractivity (Wildman–Crippen MR) is 225 cm³/mol. The van der Waals surface area contributed by atoms with Crippen molar-refractivity contribution in [1.82, 2.24) is 19.9 Å². The maximum absolute atomic E-state index is 15.0. The second-order valence-corrected chi connectivity index (χ2v) is 14.9. The molecule has 2 aliphatic heterocycles. The van der Waals surface area contributed by atoms with E-state index in [-0.39, 0.29) is 58.2 Å². The van der Waals surface area contributed by atoms with E-state index in [0.717, 1.165) is 0 Å². The minimum Gasteiger partial charge on any atom is -0.443 e. The molecule has 18 heteroatoms. The molecule has 0 radical (unpaired) electrons. The molecule has 6 aromatic rings. The topological polar surface area (TPSA) is 251 Å². The van der Waals surface area contributed by atoms with E-state index in [2.05, 4.69) is 30.6 Å². The molecule has 0 unspecified atom stereocenters. The molecule has 10 N–H and O–H groups in total. The van der Waals surface area contributed by atoms with Crippen LogP contribution in [-0.2, 0) is 18.9 Å². The number of pyridine rings is 4. The summed E-state index contributed by atoms with van der Waals surface area (Å²) in [6, 6.07) is 6.49. The first-order chi connectivity index (χ1) is 28.7. The van der Waals surface area contributed by atoms with E-state index in [0.29, 0.717) is 81.6 Å². The SMILES string of the molecule is Cc1c(N)cncc1-c1cc2cc(NC(=O)O[C@@H]3COC[C@H]3C)ncc2c(N)c1F.Cc1c(N)cncc1-c1cc2cc(NC(=O)O[C@H]3COC[C@@H]3C)ncc2c(N)c1F. The van der Waals surface area contributed by atoms with Crippen LogP contribution in [0, 0.1) is 37.3 Å². The molecule has 0 saturated carbocycles. The van der Waals surface area contributed by atoms with Crippen molar-refractivity contribution in [2.75, 3.05) is 60.0 Å². The number of anilines is 6. The average molecular weight is 823 g/mol. The fourth-order valence-corrected chi connectivity index (χ4v) is 6.88. The first-order valence-electron chi connectivity index (χ1n) is 19.0. The molecule has 0 spiro atoms. The Balaban J connectivity index is 0.000000181. The van der Waals surface area contributed by atoms with Gasteiger partial charge in [0.25, 0.3) is 0 Å². The van der Waals surface area contributed by atoms with Gasteiger partial charge < -0.3 is 41.9 Å². The third-order valence-electron chi connectivity index (χ3n) is 10.7. The van der Waals surface area contributed by atoms with Gasteiger partial charge in [-0.2, -0.15) is 0 Å². The average Bonchev–Trinajstić information content (AvgIpc) is 3.82. The minimum absolute atomic E-state index is 0.0390. The highest BCUT2D eigenvalue weighted by molar-refractivity contribution is 6.00. The van der Waals surface area contributed by atoms with Crippen molar-refractivity contribution >= 4 is 68.1 Å². The molecule has 2 aliphatic rings. The number of halogens is 2. The van der Waals surface area contributed by atoms with Crippen LogP contribution < -0.4 is 33.6 Å². The molecular weight excluding hydrogens is 779 g/mol. The number of carbonyl (C=O) groups is 2. The fourth-order valence-electron chi connectivity index (χ4n) is 6.88. The molecule has 0 aliphatic carbocycles. The van der Waals surface area contributed by atoms with Crippen molar-refractivity contribution in [3.05, 3.63) is 84.2 Å². The number of ether oxygens (including phenoxy) is 4. The van der Waals surface area contributed by atoms with Gasteiger partial charge in [0.15, 0.2) is 11.6 Å². The Bertz CT molecular complexity index is 2450. The molecule has 2 aromatic carbocycles. The zero-order valence-corrected chi connectivity index (χ0v) is 33.2. The summed E-state index contributed by atoms with van der Waals surface area (Å²) in [5.41, 5.74) is 27.8. The molecule has 6 heterocycles. The largest absolute Gasteiger partial charge is 0.443 e. The Labute approximate surface area is 343 Å². The number of fused-ring (bicyclic) bond motifs is 2. The highest BCUT2D eigenvalue weighted by Crippen LogP contribution is 2.38. The highest BCUT2D eigenvalue weighted by atomic mass is 19.1. The number of hydrogen-bond acceptors (Lipinski definition) is 14. The first kappa shape index (κ1) is 41.2. The Morgan fingerprint density at radius 2 is 1.02 bits per heavy atom. The van der Waals surface area contributed by atoms with Crippen LogP contribution in [0.15, 0.2) is 61.4 Å². The molecule has 2 amide bonds. The Morgan fingerprint density at radius 1 is 0.617 bits per heavy atom. The summed E-state index contributed by atoms with van der Waals surface area (Å²) in [5.74, 6) is -0.371. The number of amides is 2. The Kier molecular flexibility index (Phi) is 11.8. The van der Waals surface area contributed by atoms with Gasteiger partial charge in [-0.3, -0.25) is 20.6 Å². The number of nitrogens with zero attached hydrogens (tertiary/aromatic N) is 4. The van der Waals surface area contributed by atoms with Gasteiger partial charge in [-0.1, -0.05) is 13.8 Å². The highest BCUT2D eigenvalue weighted by Gasteiger charge is 2.29. The third kappa shape index (κ3) is 8.46. The molecule has 312 valence electrons. The molecule has 2 fully saturated rings. The molecule has 2 saturated heterocycles. The van der Waals surface area contributed by atoms with Crippen LogP contribution in [0.3, 0.4) is 0 Å². The zero-order valence-electron chi connectivity index (χ0n) is 33.2. The van der Waals surface area contributed by atoms with Crippen LogP contribution >= 0.6 is 0 Å². The van der Waals surface area contributed by atoms with E-state index >= 15 is 0 Å². The standard InChI is InChI=1S/2C21H22FN5O3/c2*1-10-8-29-9-17(10)30-21(28)27-18-4-12-3-13(14-5-25-7-16(23)11(14)2)19(22)20(24)15(12)6-26-18/h2*3-7,10,17H,8-9,23-24H2,1-2H3,(H,26,27,28)/t2*10-,17-/m10/s1. The molecule has 4 aromatic heterocycles. The van der Waals surface area contributed by atoms with Crippen molar-refractivity contribution in [2.45, 2.75) is 39.9 Å². The summed E-state index contributed by atoms with van der Waals surface area (Å²) in [6.45, 7) is 9.32. The summed E-state index contributed by atoms with van der Waals surface area (Å²) in [5, 5.41) is 7.28. The van der Waals surface area contributed by atoms with E-state index < -0.39 is 23.8 Å². The van der Waals surface area contributed by atoms with E-state index in [4.69, 9.17) is 41.9 Å². The summed E-state index contributed by atoms with van der Waals surface area (Å²) >= 11 is 0. The van der Waals surface area contributed by atoms with E-state index in [1.165, 1.54) is 37.2 Å². The van der Waals surface area contributed by atoms with E-state index in [1.54, 1.807) is 38.1 Å². The number of nitrogen functional groups attached to an aromatic ring is 4. The maximum Gasteiger partial charge on any atom is 0.413 e. The van der Waals surface area contributed by atoms with Crippen molar-refractivity contribution < 1.29 is 37.3 Å². The molecule has 8 rings (SSSR count). The van der Waals surface area contributed by atoms with Gasteiger partial charge in [0.1, 0.15) is 23.8 Å². The lowest BCUT2D eigenvalue weighted by molar-refractivity contribution is 0.0839. The lowest BCUT2D eigenvalue weighted by Crippen LogP contribution is -2.27. The third-order valence-corrected chi connectivity index (χ3v) is 10.7. The minimum atomic E-state index is -0.629. The Morgan fingerprint density at radius 3 is 1.38 bits per heavy atom. The molecule has 4 atom stereocenters. The van der Waals surface area contributed by atoms with Crippen LogP contribution in [-0.4, -0.2) is 70.8 Å². The second kappa shape index (κ2) is 17.1. The number of nitrogens with one attached hydrogen (secondary N) is 2. The van der Waals surface area contributed by atoms with Crippen molar-refractivity contribution in [2.24, 2.45) is 11.8 Å². The van der Waals surface area contributed by atoms with Crippen LogP contribution in [0.25, 0.3) is 43.8 Å². The van der Waals surface area contributed by atoms with Crippen LogP contribution in [0.4, 0.5) is 52.8 Å². The normalized spacial score (nSPS) is 18.5. The summed E-state index contributed by atoms with van der Waals surface area (Å²) in [4.78, 5) is 40.8. The number of hydrogen-bond donors (Lipinski definition) is 6. The van der Waals surface area contributed by atoms with Gasteiger partial charge in [0, 0.05) is 69.6 Å². The Hall–Kier alpha value is -6.92. The fraction of sp³-hybridized carbons (Fsp3) is 0.286. The molecule has 60 heavy (non-hydrogen) atoms. The summed E-state index contributed by atoms with van der Waals surface area (Å²) < 4.78 is 51.3. The predicted octanol–water partition coefficient (Wildman–Crippen LogP) is 6.98. The smallest absolute Gasteiger partial charge is 0.413 e. The second-order valence-electron chi connectivity index (χ2n) is 14.9. The number of aromatic nitrogens is 4. The molecular formula is C42H44F2N10O6. The molecule has 0 bridgehead atoms. The van der Waals surface area contributed by atoms with Gasteiger partial charge in [-0.25, -0.2) is 28.3 Å². The number of carbonyl (C=O) groups excluding carboxylic acids is 2. The number of benzene rings is 2. The van der Waals surface area contributed by atoms with Gasteiger partial charge in [0.2, 0.25) is 0 Å². The quantitative estimate of drug-likeness (QED) is 0.0927.